The molecule has 0 aromatic carbocycles. The van der Waals surface area contributed by atoms with Gasteiger partial charge in [0, 0.05) is 24.2 Å². The zero-order valence-corrected chi connectivity index (χ0v) is 13.9. The summed E-state index contributed by atoms with van der Waals surface area (Å²) in [7, 11) is 0. The second kappa shape index (κ2) is 6.63. The number of H-pyrrole nitrogens is 1. The number of hydrogen-bond donors (Lipinski definition) is 2. The van der Waals surface area contributed by atoms with Crippen LogP contribution in [0.15, 0.2) is 0 Å². The molecule has 0 bridgehead atoms. The Bertz CT molecular complexity index is 553. The second-order valence-corrected chi connectivity index (χ2v) is 7.41. The van der Waals surface area contributed by atoms with Gasteiger partial charge in [0.2, 0.25) is 0 Å². The maximum atomic E-state index is 12.1. The van der Waals surface area contributed by atoms with Crippen LogP contribution in [0.2, 0.25) is 0 Å². The molecule has 1 aromatic rings. The van der Waals surface area contributed by atoms with E-state index in [1.165, 1.54) is 58.0 Å². The molecule has 2 N–H and O–H groups in total. The van der Waals surface area contributed by atoms with E-state index >= 15 is 0 Å². The van der Waals surface area contributed by atoms with Gasteiger partial charge >= 0.3 is 0 Å². The molecule has 2 aliphatic heterocycles. The van der Waals surface area contributed by atoms with Crippen molar-refractivity contribution in [2.24, 2.45) is 0 Å². The Labute approximate surface area is 138 Å². The fraction of sp³-hybridized carbons (Fsp3) is 0.778. The Balaban J connectivity index is 1.40. The molecule has 3 aliphatic rings. The molecule has 1 aromatic heterocycles. The van der Waals surface area contributed by atoms with Crippen LogP contribution in [0.25, 0.3) is 0 Å². The van der Waals surface area contributed by atoms with E-state index < -0.39 is 0 Å². The van der Waals surface area contributed by atoms with Gasteiger partial charge in [0.15, 0.2) is 0 Å². The smallest absolute Gasteiger partial charge is 0.271 e. The zero-order valence-electron chi connectivity index (χ0n) is 13.9. The van der Waals surface area contributed by atoms with Crippen LogP contribution in [0.4, 0.5) is 0 Å². The summed E-state index contributed by atoms with van der Waals surface area (Å²) in [6, 6.07) is 0.823. The average molecular weight is 316 g/mol. The van der Waals surface area contributed by atoms with Crippen molar-refractivity contribution in [2.75, 3.05) is 19.6 Å². The first-order valence-corrected chi connectivity index (χ1v) is 9.42. The van der Waals surface area contributed by atoms with Crippen LogP contribution in [0.5, 0.6) is 0 Å². The summed E-state index contributed by atoms with van der Waals surface area (Å²) in [5.41, 5.74) is 1.69. The van der Waals surface area contributed by atoms with Gasteiger partial charge < -0.3 is 15.2 Å². The lowest BCUT2D eigenvalue weighted by atomic mass is 9.90. The zero-order chi connectivity index (χ0) is 15.6. The highest BCUT2D eigenvalue weighted by Crippen LogP contribution is 2.31. The number of aromatic nitrogens is 2. The van der Waals surface area contributed by atoms with E-state index in [-0.39, 0.29) is 5.91 Å². The van der Waals surface area contributed by atoms with Gasteiger partial charge in [0.05, 0.1) is 0 Å². The van der Waals surface area contributed by atoms with Gasteiger partial charge in [0.25, 0.3) is 5.91 Å². The van der Waals surface area contributed by atoms with Gasteiger partial charge in [-0.1, -0.05) is 19.3 Å². The quantitative estimate of drug-likeness (QED) is 0.881. The molecule has 5 heteroatoms. The highest BCUT2D eigenvalue weighted by molar-refractivity contribution is 5.93. The predicted octanol–water partition coefficient (Wildman–Crippen LogP) is 2.60. The fourth-order valence-electron chi connectivity index (χ4n) is 4.53. The first kappa shape index (κ1) is 15.2. The summed E-state index contributed by atoms with van der Waals surface area (Å²) in [6.45, 7) is 3.14. The van der Waals surface area contributed by atoms with Gasteiger partial charge in [-0.25, -0.2) is 4.98 Å². The number of fused-ring (bicyclic) bond motifs is 1. The Morgan fingerprint density at radius 2 is 1.78 bits per heavy atom. The molecule has 0 atom stereocenters. The maximum absolute atomic E-state index is 12.1. The maximum Gasteiger partial charge on any atom is 0.271 e. The van der Waals surface area contributed by atoms with Gasteiger partial charge in [-0.3, -0.25) is 4.79 Å². The highest BCUT2D eigenvalue weighted by atomic mass is 16.1. The third kappa shape index (κ3) is 3.16. The first-order valence-electron chi connectivity index (χ1n) is 9.42. The summed E-state index contributed by atoms with van der Waals surface area (Å²) >= 11 is 0. The largest absolute Gasteiger partial charge is 0.351 e. The number of nitrogens with one attached hydrogen (secondary N) is 2. The molecule has 1 saturated carbocycles. The minimum Gasteiger partial charge on any atom is -0.351 e. The van der Waals surface area contributed by atoms with E-state index in [4.69, 9.17) is 0 Å². The van der Waals surface area contributed by atoms with Crippen LogP contribution in [-0.4, -0.2) is 46.5 Å². The minimum atomic E-state index is -0.000332. The van der Waals surface area contributed by atoms with Crippen molar-refractivity contribution in [3.8, 4) is 0 Å². The number of amides is 1. The van der Waals surface area contributed by atoms with E-state index in [1.807, 2.05) is 0 Å². The lowest BCUT2D eigenvalue weighted by Gasteiger charge is -2.38. The lowest BCUT2D eigenvalue weighted by Crippen LogP contribution is -2.42. The Morgan fingerprint density at radius 1 is 1.00 bits per heavy atom. The number of rotatable bonds is 2. The molecule has 1 saturated heterocycles. The van der Waals surface area contributed by atoms with Crippen molar-refractivity contribution in [3.05, 3.63) is 17.2 Å². The number of aromatic amines is 1. The summed E-state index contributed by atoms with van der Waals surface area (Å²) in [4.78, 5) is 22.9. The predicted molar refractivity (Wildman–Crippen MR) is 89.7 cm³/mol. The third-order valence-corrected chi connectivity index (χ3v) is 5.91. The first-order chi connectivity index (χ1) is 11.3. The number of piperidine rings is 1. The van der Waals surface area contributed by atoms with Crippen molar-refractivity contribution in [1.82, 2.24) is 20.2 Å². The van der Waals surface area contributed by atoms with Crippen LogP contribution >= 0.6 is 0 Å². The molecular weight excluding hydrogens is 288 g/mol. The minimum absolute atomic E-state index is 0.000332. The monoisotopic (exact) mass is 316 g/mol. The number of aryl methyl sites for hydroxylation is 1. The van der Waals surface area contributed by atoms with Crippen molar-refractivity contribution in [2.45, 2.75) is 69.7 Å². The van der Waals surface area contributed by atoms with E-state index in [9.17, 15) is 4.79 Å². The molecule has 0 unspecified atom stereocenters. The molecular formula is C18H28N4O. The molecule has 1 aliphatic carbocycles. The molecule has 4 rings (SSSR count). The van der Waals surface area contributed by atoms with Crippen LogP contribution in [0.1, 0.15) is 79.3 Å². The number of nitrogens with zero attached hydrogens (tertiary/aromatic N) is 2. The normalized spacial score (nSPS) is 25.0. The molecule has 0 radical (unpaired) electrons. The van der Waals surface area contributed by atoms with Gasteiger partial charge in [-0.15, -0.1) is 0 Å². The molecule has 3 heterocycles. The Morgan fingerprint density at radius 3 is 2.57 bits per heavy atom. The van der Waals surface area contributed by atoms with Crippen LogP contribution in [-0.2, 0) is 6.42 Å². The number of likely N-dealkylation sites (tertiary alicyclic amines) is 1. The lowest BCUT2D eigenvalue weighted by molar-refractivity contribution is 0.0951. The van der Waals surface area contributed by atoms with E-state index in [0.29, 0.717) is 11.6 Å². The van der Waals surface area contributed by atoms with Gasteiger partial charge in [-0.05, 0) is 51.6 Å². The van der Waals surface area contributed by atoms with Crippen LogP contribution in [0.3, 0.4) is 0 Å². The van der Waals surface area contributed by atoms with Gasteiger partial charge in [0.1, 0.15) is 11.5 Å². The number of hydrogen-bond acceptors (Lipinski definition) is 3. The highest BCUT2D eigenvalue weighted by Gasteiger charge is 2.29. The standard InChI is InChI=1S/C18H28N4O/c23-18-16-15(7-4-10-19-18)20-17(21-16)13-8-11-22(12-9-13)14-5-2-1-3-6-14/h13-14H,1-12H2,(H,19,23)(H,20,21). The van der Waals surface area contributed by atoms with Crippen LogP contribution in [0, 0.1) is 0 Å². The molecule has 5 nitrogen and oxygen atoms in total. The van der Waals surface area contributed by atoms with E-state index in [2.05, 4.69) is 20.2 Å². The topological polar surface area (TPSA) is 61.0 Å². The number of carbonyl (C=O) groups excluding carboxylic acids is 1. The average Bonchev–Trinajstić information content (AvgIpc) is 2.96. The van der Waals surface area contributed by atoms with Gasteiger partial charge in [-0.2, -0.15) is 0 Å². The third-order valence-electron chi connectivity index (χ3n) is 5.91. The number of imidazole rings is 1. The fourth-order valence-corrected chi connectivity index (χ4v) is 4.53. The molecule has 23 heavy (non-hydrogen) atoms. The second-order valence-electron chi connectivity index (χ2n) is 7.41. The van der Waals surface area contributed by atoms with Crippen molar-refractivity contribution >= 4 is 5.91 Å². The van der Waals surface area contributed by atoms with Crippen LogP contribution < -0.4 is 5.32 Å². The number of carbonyl (C=O) groups is 1. The summed E-state index contributed by atoms with van der Waals surface area (Å²) in [5.74, 6) is 1.55. The summed E-state index contributed by atoms with van der Waals surface area (Å²) in [5, 5.41) is 2.94. The Kier molecular flexibility index (Phi) is 4.38. The summed E-state index contributed by atoms with van der Waals surface area (Å²) in [6.07, 6.45) is 11.3. The van der Waals surface area contributed by atoms with Crippen molar-refractivity contribution in [3.63, 3.8) is 0 Å². The molecule has 1 amide bonds. The Hall–Kier alpha value is -1.36. The molecule has 126 valence electrons. The van der Waals surface area contributed by atoms with E-state index in [1.54, 1.807) is 0 Å². The molecule has 2 fully saturated rings. The SMILES string of the molecule is O=C1NCCCc2[nH]c(C3CCN(C4CCCCC4)CC3)nc21. The summed E-state index contributed by atoms with van der Waals surface area (Å²) < 4.78 is 0. The molecule has 0 spiro atoms. The van der Waals surface area contributed by atoms with E-state index in [0.717, 1.165) is 36.9 Å². The van der Waals surface area contributed by atoms with Crippen molar-refractivity contribution < 1.29 is 4.79 Å². The van der Waals surface area contributed by atoms with Crippen molar-refractivity contribution in [1.29, 1.82) is 0 Å².